The summed E-state index contributed by atoms with van der Waals surface area (Å²) in [6.07, 6.45) is 3.76. The fraction of sp³-hybridized carbons (Fsp3) is 0.417. The minimum absolute atomic E-state index is 0.553. The molecule has 0 unspecified atom stereocenters. The molecule has 0 radical (unpaired) electrons. The van der Waals surface area contributed by atoms with Crippen molar-refractivity contribution in [2.75, 3.05) is 13.1 Å². The van der Waals surface area contributed by atoms with Gasteiger partial charge in [-0.1, -0.05) is 19.1 Å². The summed E-state index contributed by atoms with van der Waals surface area (Å²) >= 11 is 0. The average Bonchev–Trinajstić information content (AvgIpc) is 2.29. The third kappa shape index (κ3) is 3.81. The number of aromatic nitrogens is 1. The first kappa shape index (κ1) is 11.9. The van der Waals surface area contributed by atoms with Crippen LogP contribution < -0.4 is 5.73 Å². The predicted molar refractivity (Wildman–Crippen MR) is 63.3 cm³/mol. The van der Waals surface area contributed by atoms with Gasteiger partial charge >= 0.3 is 0 Å². The maximum absolute atomic E-state index is 5.51. The molecule has 3 nitrogen and oxygen atoms in total. The Morgan fingerprint density at radius 3 is 2.80 bits per heavy atom. The first-order chi connectivity index (χ1) is 7.30. The molecular formula is C12H19N3. The van der Waals surface area contributed by atoms with E-state index in [0.717, 1.165) is 30.9 Å². The summed E-state index contributed by atoms with van der Waals surface area (Å²) < 4.78 is 0. The van der Waals surface area contributed by atoms with Crippen molar-refractivity contribution in [3.8, 4) is 0 Å². The van der Waals surface area contributed by atoms with Crippen LogP contribution in [0.5, 0.6) is 0 Å². The summed E-state index contributed by atoms with van der Waals surface area (Å²) in [5.41, 5.74) is 7.67. The molecule has 15 heavy (non-hydrogen) atoms. The highest BCUT2D eigenvalue weighted by molar-refractivity contribution is 5.13. The fourth-order valence-electron chi connectivity index (χ4n) is 1.39. The molecule has 0 bridgehead atoms. The van der Waals surface area contributed by atoms with Gasteiger partial charge in [-0.25, -0.2) is 0 Å². The number of hydrogen-bond acceptors (Lipinski definition) is 3. The second-order valence-corrected chi connectivity index (χ2v) is 3.48. The third-order valence-corrected chi connectivity index (χ3v) is 2.34. The monoisotopic (exact) mass is 205 g/mol. The van der Waals surface area contributed by atoms with Crippen LogP contribution in [-0.4, -0.2) is 23.0 Å². The van der Waals surface area contributed by atoms with Crippen LogP contribution in [0.1, 0.15) is 18.2 Å². The van der Waals surface area contributed by atoms with E-state index in [1.54, 1.807) is 0 Å². The molecule has 1 rings (SSSR count). The molecule has 82 valence electrons. The van der Waals surface area contributed by atoms with Crippen LogP contribution in [0, 0.1) is 0 Å². The molecule has 0 aromatic carbocycles. The summed E-state index contributed by atoms with van der Waals surface area (Å²) in [6.45, 7) is 9.20. The van der Waals surface area contributed by atoms with Crippen LogP contribution in [0.4, 0.5) is 0 Å². The van der Waals surface area contributed by atoms with Gasteiger partial charge in [0, 0.05) is 25.8 Å². The van der Waals surface area contributed by atoms with Crippen molar-refractivity contribution in [3.63, 3.8) is 0 Å². The van der Waals surface area contributed by atoms with Crippen LogP contribution in [0.2, 0.25) is 0 Å². The van der Waals surface area contributed by atoms with Gasteiger partial charge in [-0.2, -0.15) is 0 Å². The lowest BCUT2D eigenvalue weighted by Gasteiger charge is -2.17. The van der Waals surface area contributed by atoms with E-state index in [2.05, 4.69) is 23.4 Å². The zero-order valence-electron chi connectivity index (χ0n) is 9.32. The SMILES string of the molecule is C=CCN(CC)Cc1ccc(CN)cn1. The van der Waals surface area contributed by atoms with Crippen LogP contribution >= 0.6 is 0 Å². The van der Waals surface area contributed by atoms with E-state index in [9.17, 15) is 0 Å². The maximum atomic E-state index is 5.51. The van der Waals surface area contributed by atoms with Crippen LogP contribution in [0.3, 0.4) is 0 Å². The normalized spacial score (nSPS) is 10.6. The lowest BCUT2D eigenvalue weighted by Crippen LogP contribution is -2.23. The Morgan fingerprint density at radius 1 is 1.53 bits per heavy atom. The largest absolute Gasteiger partial charge is 0.326 e. The topological polar surface area (TPSA) is 42.1 Å². The molecule has 0 atom stereocenters. The second-order valence-electron chi connectivity index (χ2n) is 3.48. The smallest absolute Gasteiger partial charge is 0.0544 e. The number of nitrogens with zero attached hydrogens (tertiary/aromatic N) is 2. The molecule has 1 aromatic rings. The van der Waals surface area contributed by atoms with Crippen LogP contribution in [0.15, 0.2) is 31.0 Å². The van der Waals surface area contributed by atoms with E-state index in [4.69, 9.17) is 5.73 Å². The number of rotatable bonds is 6. The molecule has 1 heterocycles. The van der Waals surface area contributed by atoms with E-state index in [-0.39, 0.29) is 0 Å². The molecule has 2 N–H and O–H groups in total. The van der Waals surface area contributed by atoms with Crippen LogP contribution in [-0.2, 0) is 13.1 Å². The number of pyridine rings is 1. The van der Waals surface area contributed by atoms with Gasteiger partial charge in [0.15, 0.2) is 0 Å². The molecule has 0 aliphatic heterocycles. The molecule has 0 aliphatic rings. The van der Waals surface area contributed by atoms with E-state index >= 15 is 0 Å². The van der Waals surface area contributed by atoms with Gasteiger partial charge in [-0.3, -0.25) is 9.88 Å². The van der Waals surface area contributed by atoms with E-state index in [1.807, 2.05) is 24.4 Å². The quantitative estimate of drug-likeness (QED) is 0.716. The van der Waals surface area contributed by atoms with Crippen molar-refractivity contribution < 1.29 is 0 Å². The Morgan fingerprint density at radius 2 is 2.33 bits per heavy atom. The molecule has 3 heteroatoms. The van der Waals surface area contributed by atoms with Crippen molar-refractivity contribution >= 4 is 0 Å². The Hall–Kier alpha value is -1.19. The predicted octanol–water partition coefficient (Wildman–Crippen LogP) is 1.55. The van der Waals surface area contributed by atoms with Crippen molar-refractivity contribution in [1.29, 1.82) is 0 Å². The standard InChI is InChI=1S/C12H19N3/c1-3-7-15(4-2)10-12-6-5-11(8-13)9-14-12/h3,5-6,9H,1,4,7-8,10,13H2,2H3. The van der Waals surface area contributed by atoms with Gasteiger partial charge < -0.3 is 5.73 Å². The molecule has 0 amide bonds. The van der Waals surface area contributed by atoms with E-state index < -0.39 is 0 Å². The zero-order chi connectivity index (χ0) is 11.1. The second kappa shape index (κ2) is 6.32. The highest BCUT2D eigenvalue weighted by Crippen LogP contribution is 2.03. The molecule has 0 fully saturated rings. The minimum atomic E-state index is 0.553. The Bertz CT molecular complexity index is 292. The van der Waals surface area contributed by atoms with Gasteiger partial charge in [0.05, 0.1) is 5.69 Å². The summed E-state index contributed by atoms with van der Waals surface area (Å²) in [5.74, 6) is 0. The van der Waals surface area contributed by atoms with Crippen LogP contribution in [0.25, 0.3) is 0 Å². The lowest BCUT2D eigenvalue weighted by molar-refractivity contribution is 0.307. The molecule has 1 aromatic heterocycles. The third-order valence-electron chi connectivity index (χ3n) is 2.34. The molecular weight excluding hydrogens is 186 g/mol. The first-order valence-electron chi connectivity index (χ1n) is 5.27. The molecule has 0 aliphatic carbocycles. The van der Waals surface area contributed by atoms with Gasteiger partial charge in [0.2, 0.25) is 0 Å². The molecule has 0 spiro atoms. The fourth-order valence-corrected chi connectivity index (χ4v) is 1.39. The zero-order valence-corrected chi connectivity index (χ0v) is 9.32. The summed E-state index contributed by atoms with van der Waals surface area (Å²) in [4.78, 5) is 6.64. The van der Waals surface area contributed by atoms with E-state index in [1.165, 1.54) is 0 Å². The summed E-state index contributed by atoms with van der Waals surface area (Å²) in [7, 11) is 0. The lowest BCUT2D eigenvalue weighted by atomic mass is 10.2. The van der Waals surface area contributed by atoms with Crippen molar-refractivity contribution in [2.45, 2.75) is 20.0 Å². The number of hydrogen-bond donors (Lipinski definition) is 1. The number of likely N-dealkylation sites (N-methyl/N-ethyl adjacent to an activating group) is 1. The summed E-state index contributed by atoms with van der Waals surface area (Å²) in [6, 6.07) is 4.07. The highest BCUT2D eigenvalue weighted by atomic mass is 15.1. The van der Waals surface area contributed by atoms with Gasteiger partial charge in [-0.05, 0) is 18.2 Å². The Kier molecular flexibility index (Phi) is 5.01. The Balaban J connectivity index is 2.58. The summed E-state index contributed by atoms with van der Waals surface area (Å²) in [5, 5.41) is 0. The molecule has 0 saturated heterocycles. The first-order valence-corrected chi connectivity index (χ1v) is 5.27. The number of nitrogens with two attached hydrogens (primary N) is 1. The van der Waals surface area contributed by atoms with Crippen molar-refractivity contribution in [2.24, 2.45) is 5.73 Å². The average molecular weight is 205 g/mol. The van der Waals surface area contributed by atoms with Gasteiger partial charge in [0.1, 0.15) is 0 Å². The maximum Gasteiger partial charge on any atom is 0.0544 e. The Labute approximate surface area is 91.6 Å². The minimum Gasteiger partial charge on any atom is -0.326 e. The van der Waals surface area contributed by atoms with Gasteiger partial charge in [0.25, 0.3) is 0 Å². The van der Waals surface area contributed by atoms with Gasteiger partial charge in [-0.15, -0.1) is 6.58 Å². The molecule has 0 saturated carbocycles. The highest BCUT2D eigenvalue weighted by Gasteiger charge is 2.02. The van der Waals surface area contributed by atoms with Crippen molar-refractivity contribution in [3.05, 3.63) is 42.2 Å². The van der Waals surface area contributed by atoms with E-state index in [0.29, 0.717) is 6.54 Å². The van der Waals surface area contributed by atoms with Crippen molar-refractivity contribution in [1.82, 2.24) is 9.88 Å².